The standard InChI is InChI=1S/C19H22BrNO2/c1-13(2)16-9-10-18(17(20)11-16)23-12-19(22)21-14(3)15-7-5-4-6-8-15/h4-11,13-14H,12H2,1-3H3,(H,21,22). The van der Waals surface area contributed by atoms with Gasteiger partial charge in [0.15, 0.2) is 6.61 Å². The predicted molar refractivity (Wildman–Crippen MR) is 96.7 cm³/mol. The molecule has 1 N–H and O–H groups in total. The number of carbonyl (C=O) groups is 1. The van der Waals surface area contributed by atoms with E-state index in [0.29, 0.717) is 11.7 Å². The molecule has 2 rings (SSSR count). The monoisotopic (exact) mass is 375 g/mol. The Hall–Kier alpha value is -1.81. The van der Waals surface area contributed by atoms with E-state index in [4.69, 9.17) is 4.74 Å². The first kappa shape index (κ1) is 17.5. The molecule has 0 aliphatic rings. The van der Waals surface area contributed by atoms with Crippen LogP contribution >= 0.6 is 15.9 Å². The van der Waals surface area contributed by atoms with Crippen LogP contribution in [-0.2, 0) is 4.79 Å². The number of benzene rings is 2. The maximum atomic E-state index is 12.0. The van der Waals surface area contributed by atoms with Crippen LogP contribution in [0, 0.1) is 0 Å². The van der Waals surface area contributed by atoms with Gasteiger partial charge >= 0.3 is 0 Å². The third-order valence-electron chi connectivity index (χ3n) is 3.66. The second-order valence-electron chi connectivity index (χ2n) is 5.83. The molecule has 4 heteroatoms. The van der Waals surface area contributed by atoms with Crippen molar-refractivity contribution in [3.63, 3.8) is 0 Å². The lowest BCUT2D eigenvalue weighted by molar-refractivity contribution is -0.123. The van der Waals surface area contributed by atoms with E-state index in [1.807, 2.05) is 55.5 Å². The normalized spacial score (nSPS) is 12.0. The Morgan fingerprint density at radius 1 is 1.09 bits per heavy atom. The van der Waals surface area contributed by atoms with Gasteiger partial charge in [0.2, 0.25) is 0 Å². The molecule has 122 valence electrons. The molecule has 0 bridgehead atoms. The molecular formula is C19H22BrNO2. The van der Waals surface area contributed by atoms with Crippen LogP contribution in [0.2, 0.25) is 0 Å². The average Bonchev–Trinajstić information content (AvgIpc) is 2.54. The number of hydrogen-bond acceptors (Lipinski definition) is 2. The number of hydrogen-bond donors (Lipinski definition) is 1. The lowest BCUT2D eigenvalue weighted by Crippen LogP contribution is -2.31. The van der Waals surface area contributed by atoms with E-state index in [1.165, 1.54) is 5.56 Å². The molecule has 0 spiro atoms. The molecule has 0 saturated heterocycles. The summed E-state index contributed by atoms with van der Waals surface area (Å²) in [5.74, 6) is 0.994. The Morgan fingerprint density at radius 3 is 2.39 bits per heavy atom. The number of rotatable bonds is 6. The Balaban J connectivity index is 1.89. The zero-order chi connectivity index (χ0) is 16.8. The smallest absolute Gasteiger partial charge is 0.258 e. The van der Waals surface area contributed by atoms with Crippen LogP contribution in [0.1, 0.15) is 43.9 Å². The molecule has 2 aromatic carbocycles. The van der Waals surface area contributed by atoms with Crippen molar-refractivity contribution in [1.29, 1.82) is 0 Å². The molecule has 23 heavy (non-hydrogen) atoms. The molecular weight excluding hydrogens is 354 g/mol. The molecule has 3 nitrogen and oxygen atoms in total. The number of halogens is 1. The molecule has 0 aliphatic heterocycles. The first-order valence-electron chi connectivity index (χ1n) is 7.74. The van der Waals surface area contributed by atoms with Crippen LogP contribution in [0.4, 0.5) is 0 Å². The van der Waals surface area contributed by atoms with E-state index in [-0.39, 0.29) is 18.6 Å². The van der Waals surface area contributed by atoms with Gasteiger partial charge in [0.1, 0.15) is 5.75 Å². The minimum atomic E-state index is -0.138. The number of ether oxygens (including phenoxy) is 1. The van der Waals surface area contributed by atoms with Gasteiger partial charge in [0.05, 0.1) is 10.5 Å². The summed E-state index contributed by atoms with van der Waals surface area (Å²) in [7, 11) is 0. The van der Waals surface area contributed by atoms with Crippen molar-refractivity contribution in [2.45, 2.75) is 32.7 Å². The van der Waals surface area contributed by atoms with Gasteiger partial charge in [-0.15, -0.1) is 0 Å². The largest absolute Gasteiger partial charge is 0.483 e. The fourth-order valence-electron chi connectivity index (χ4n) is 2.24. The maximum Gasteiger partial charge on any atom is 0.258 e. The molecule has 2 aromatic rings. The topological polar surface area (TPSA) is 38.3 Å². The third kappa shape index (κ3) is 5.10. The lowest BCUT2D eigenvalue weighted by atomic mass is 10.0. The fraction of sp³-hybridized carbons (Fsp3) is 0.316. The SMILES string of the molecule is CC(C)c1ccc(OCC(=O)NC(C)c2ccccc2)c(Br)c1. The highest BCUT2D eigenvalue weighted by molar-refractivity contribution is 9.10. The van der Waals surface area contributed by atoms with Crippen LogP contribution in [0.15, 0.2) is 53.0 Å². The van der Waals surface area contributed by atoms with Crippen LogP contribution < -0.4 is 10.1 Å². The van der Waals surface area contributed by atoms with Crippen molar-refractivity contribution in [2.75, 3.05) is 6.61 Å². The van der Waals surface area contributed by atoms with Crippen LogP contribution in [0.25, 0.3) is 0 Å². The summed E-state index contributed by atoms with van der Waals surface area (Å²) in [6, 6.07) is 15.8. The van der Waals surface area contributed by atoms with E-state index < -0.39 is 0 Å². The van der Waals surface area contributed by atoms with Crippen LogP contribution in [0.3, 0.4) is 0 Å². The van der Waals surface area contributed by atoms with Gasteiger partial charge in [-0.25, -0.2) is 0 Å². The molecule has 0 saturated carbocycles. The number of amides is 1. The third-order valence-corrected chi connectivity index (χ3v) is 4.28. The summed E-state index contributed by atoms with van der Waals surface area (Å²) >= 11 is 3.50. The second-order valence-corrected chi connectivity index (χ2v) is 6.69. The Labute approximate surface area is 146 Å². The Kier molecular flexibility index (Phi) is 6.22. The first-order valence-corrected chi connectivity index (χ1v) is 8.53. The van der Waals surface area contributed by atoms with Crippen LogP contribution in [0.5, 0.6) is 5.75 Å². The molecule has 0 aromatic heterocycles. The van der Waals surface area contributed by atoms with Crippen molar-refractivity contribution in [2.24, 2.45) is 0 Å². The summed E-state index contributed by atoms with van der Waals surface area (Å²) in [6.07, 6.45) is 0. The molecule has 1 amide bonds. The van der Waals surface area contributed by atoms with Crippen molar-refractivity contribution in [3.8, 4) is 5.75 Å². The summed E-state index contributed by atoms with van der Waals surface area (Å²) in [5, 5.41) is 2.94. The summed E-state index contributed by atoms with van der Waals surface area (Å²) in [4.78, 5) is 12.0. The van der Waals surface area contributed by atoms with Crippen molar-refractivity contribution < 1.29 is 9.53 Å². The van der Waals surface area contributed by atoms with Gasteiger partial charge in [0, 0.05) is 0 Å². The fourth-order valence-corrected chi connectivity index (χ4v) is 2.76. The summed E-state index contributed by atoms with van der Waals surface area (Å²) in [5.41, 5.74) is 2.30. The van der Waals surface area contributed by atoms with E-state index in [9.17, 15) is 4.79 Å². The quantitative estimate of drug-likeness (QED) is 0.784. The van der Waals surface area contributed by atoms with Gasteiger partial charge in [-0.2, -0.15) is 0 Å². The van der Waals surface area contributed by atoms with Crippen LogP contribution in [-0.4, -0.2) is 12.5 Å². The maximum absolute atomic E-state index is 12.0. The highest BCUT2D eigenvalue weighted by Crippen LogP contribution is 2.28. The van der Waals surface area contributed by atoms with Crippen molar-refractivity contribution >= 4 is 21.8 Å². The molecule has 1 atom stereocenters. The van der Waals surface area contributed by atoms with Crippen molar-refractivity contribution in [1.82, 2.24) is 5.32 Å². The van der Waals surface area contributed by atoms with Gasteiger partial charge in [0.25, 0.3) is 5.91 Å². The van der Waals surface area contributed by atoms with Gasteiger partial charge in [-0.3, -0.25) is 4.79 Å². The molecule has 0 fully saturated rings. The molecule has 0 aliphatic carbocycles. The minimum Gasteiger partial charge on any atom is -0.483 e. The van der Waals surface area contributed by atoms with E-state index in [2.05, 4.69) is 35.1 Å². The molecule has 0 heterocycles. The molecule has 1 unspecified atom stereocenters. The molecule has 0 radical (unpaired) electrons. The van der Waals surface area contributed by atoms with E-state index in [1.54, 1.807) is 0 Å². The van der Waals surface area contributed by atoms with Gasteiger partial charge < -0.3 is 10.1 Å². The summed E-state index contributed by atoms with van der Waals surface area (Å²) in [6.45, 7) is 6.23. The minimum absolute atomic E-state index is 0.00318. The van der Waals surface area contributed by atoms with Crippen molar-refractivity contribution in [3.05, 3.63) is 64.1 Å². The number of carbonyl (C=O) groups excluding carboxylic acids is 1. The highest BCUT2D eigenvalue weighted by atomic mass is 79.9. The first-order chi connectivity index (χ1) is 11.0. The van der Waals surface area contributed by atoms with Gasteiger partial charge in [-0.1, -0.05) is 50.2 Å². The number of nitrogens with one attached hydrogen (secondary N) is 1. The van der Waals surface area contributed by atoms with Gasteiger partial charge in [-0.05, 0) is 52.0 Å². The second kappa shape index (κ2) is 8.16. The zero-order valence-corrected chi connectivity index (χ0v) is 15.3. The Morgan fingerprint density at radius 2 is 1.78 bits per heavy atom. The lowest BCUT2D eigenvalue weighted by Gasteiger charge is -2.15. The van der Waals surface area contributed by atoms with E-state index in [0.717, 1.165) is 10.0 Å². The zero-order valence-electron chi connectivity index (χ0n) is 13.7. The van der Waals surface area contributed by atoms with E-state index >= 15 is 0 Å². The Bertz CT molecular complexity index is 656. The summed E-state index contributed by atoms with van der Waals surface area (Å²) < 4.78 is 6.48. The average molecular weight is 376 g/mol. The highest BCUT2D eigenvalue weighted by Gasteiger charge is 2.11. The predicted octanol–water partition coefficient (Wildman–Crippen LogP) is 4.83.